The number of nitrogen functional groups attached to an aromatic ring is 1. The van der Waals surface area contributed by atoms with Crippen molar-refractivity contribution in [1.82, 2.24) is 10.2 Å². The smallest absolute Gasteiger partial charge is 0.162 e. The van der Waals surface area contributed by atoms with Gasteiger partial charge in [-0.1, -0.05) is 30.3 Å². The maximum atomic E-state index is 5.38. The van der Waals surface area contributed by atoms with E-state index in [0.717, 1.165) is 25.0 Å². The summed E-state index contributed by atoms with van der Waals surface area (Å²) in [5.41, 5.74) is 6.34. The van der Waals surface area contributed by atoms with Crippen LogP contribution in [0.4, 0.5) is 5.82 Å². The third-order valence-electron chi connectivity index (χ3n) is 3.57. The van der Waals surface area contributed by atoms with Crippen LogP contribution in [-0.4, -0.2) is 10.2 Å². The van der Waals surface area contributed by atoms with Crippen LogP contribution in [0.3, 0.4) is 0 Å². The molecule has 1 aromatic heterocycles. The molecule has 0 radical (unpaired) electrons. The van der Waals surface area contributed by atoms with E-state index >= 15 is 0 Å². The fourth-order valence-corrected chi connectivity index (χ4v) is 2.60. The van der Waals surface area contributed by atoms with E-state index < -0.39 is 0 Å². The lowest BCUT2D eigenvalue weighted by atomic mass is 9.82. The molecule has 1 unspecified atom stereocenters. The van der Waals surface area contributed by atoms with Gasteiger partial charge in [-0.25, -0.2) is 5.84 Å². The molecule has 4 heteroatoms. The molecule has 3 rings (SSSR count). The highest BCUT2D eigenvalue weighted by Gasteiger charge is 2.21. The molecule has 92 valence electrons. The van der Waals surface area contributed by atoms with Gasteiger partial charge in [-0.3, -0.25) is 0 Å². The molecule has 1 aliphatic carbocycles. The number of hydrogen-bond donors (Lipinski definition) is 2. The van der Waals surface area contributed by atoms with Crippen molar-refractivity contribution in [3.05, 3.63) is 53.2 Å². The zero-order valence-corrected chi connectivity index (χ0v) is 10.1. The Kier molecular flexibility index (Phi) is 2.94. The van der Waals surface area contributed by atoms with Crippen LogP contribution in [0.15, 0.2) is 36.4 Å². The van der Waals surface area contributed by atoms with Crippen LogP contribution in [0, 0.1) is 0 Å². The number of nitrogens with one attached hydrogen (secondary N) is 1. The predicted molar refractivity (Wildman–Crippen MR) is 71.1 cm³/mol. The van der Waals surface area contributed by atoms with Crippen molar-refractivity contribution in [1.29, 1.82) is 0 Å². The van der Waals surface area contributed by atoms with Crippen LogP contribution in [0.1, 0.15) is 29.2 Å². The Labute approximate surface area is 106 Å². The molecule has 1 heterocycles. The lowest BCUT2D eigenvalue weighted by molar-refractivity contribution is 0.568. The average Bonchev–Trinajstić information content (AvgIpc) is 2.47. The maximum Gasteiger partial charge on any atom is 0.162 e. The summed E-state index contributed by atoms with van der Waals surface area (Å²) in [6.45, 7) is 0. The molecule has 0 bridgehead atoms. The molecule has 0 fully saturated rings. The molecular formula is C14H16N4. The normalized spacial score (nSPS) is 18.2. The average molecular weight is 240 g/mol. The lowest BCUT2D eigenvalue weighted by Gasteiger charge is -2.24. The first kappa shape index (κ1) is 11.2. The summed E-state index contributed by atoms with van der Waals surface area (Å²) in [6, 6.07) is 12.7. The lowest BCUT2D eigenvalue weighted by Crippen LogP contribution is -2.17. The Morgan fingerprint density at radius 1 is 1.17 bits per heavy atom. The van der Waals surface area contributed by atoms with Crippen molar-refractivity contribution in [2.75, 3.05) is 5.43 Å². The second-order valence-corrected chi connectivity index (χ2v) is 4.70. The van der Waals surface area contributed by atoms with Crippen molar-refractivity contribution in [3.8, 4) is 0 Å². The molecule has 0 aliphatic heterocycles. The van der Waals surface area contributed by atoms with E-state index in [2.05, 4.69) is 46.0 Å². The van der Waals surface area contributed by atoms with Gasteiger partial charge >= 0.3 is 0 Å². The maximum absolute atomic E-state index is 5.38. The van der Waals surface area contributed by atoms with E-state index in [1.807, 2.05) is 6.07 Å². The second-order valence-electron chi connectivity index (χ2n) is 4.70. The minimum atomic E-state index is 0.577. The largest absolute Gasteiger partial charge is 0.307 e. The summed E-state index contributed by atoms with van der Waals surface area (Å²) < 4.78 is 0. The Morgan fingerprint density at radius 2 is 2.00 bits per heavy atom. The molecule has 18 heavy (non-hydrogen) atoms. The Balaban J connectivity index is 1.88. The summed E-state index contributed by atoms with van der Waals surface area (Å²) >= 11 is 0. The number of rotatable bonds is 2. The number of aromatic nitrogens is 2. The summed E-state index contributed by atoms with van der Waals surface area (Å²) in [6.07, 6.45) is 3.15. The van der Waals surface area contributed by atoms with E-state index in [4.69, 9.17) is 5.84 Å². The van der Waals surface area contributed by atoms with Gasteiger partial charge in [0.2, 0.25) is 0 Å². The second kappa shape index (κ2) is 4.74. The van der Waals surface area contributed by atoms with Crippen LogP contribution in [0.2, 0.25) is 0 Å². The fraction of sp³-hybridized carbons (Fsp3) is 0.286. The number of fused-ring (bicyclic) bond motifs is 1. The summed E-state index contributed by atoms with van der Waals surface area (Å²) in [7, 11) is 0. The quantitative estimate of drug-likeness (QED) is 0.623. The van der Waals surface area contributed by atoms with Crippen molar-refractivity contribution in [3.63, 3.8) is 0 Å². The van der Waals surface area contributed by atoms with Crippen LogP contribution >= 0.6 is 0 Å². The van der Waals surface area contributed by atoms with Crippen LogP contribution in [-0.2, 0) is 12.8 Å². The minimum absolute atomic E-state index is 0.577. The number of anilines is 1. The van der Waals surface area contributed by atoms with E-state index in [0.29, 0.717) is 11.7 Å². The van der Waals surface area contributed by atoms with Gasteiger partial charge in [-0.05, 0) is 42.4 Å². The Morgan fingerprint density at radius 3 is 2.78 bits per heavy atom. The molecular weight excluding hydrogens is 224 g/mol. The molecule has 1 aliphatic rings. The van der Waals surface area contributed by atoms with Gasteiger partial charge in [0.05, 0.1) is 5.69 Å². The highest BCUT2D eigenvalue weighted by molar-refractivity contribution is 5.39. The summed E-state index contributed by atoms with van der Waals surface area (Å²) in [4.78, 5) is 0. The predicted octanol–water partition coefficient (Wildman–Crippen LogP) is 2.03. The van der Waals surface area contributed by atoms with E-state index in [1.54, 1.807) is 0 Å². The zero-order chi connectivity index (χ0) is 12.4. The number of hydrazine groups is 1. The number of nitrogens with zero attached hydrogens (tertiary/aromatic N) is 2. The Hall–Kier alpha value is -1.94. The van der Waals surface area contributed by atoms with Gasteiger partial charge in [0.25, 0.3) is 0 Å². The first-order chi connectivity index (χ1) is 8.86. The number of benzene rings is 1. The third-order valence-corrected chi connectivity index (χ3v) is 3.57. The number of aryl methyl sites for hydroxylation is 1. The molecule has 3 N–H and O–H groups in total. The van der Waals surface area contributed by atoms with Crippen LogP contribution in [0.25, 0.3) is 0 Å². The van der Waals surface area contributed by atoms with Gasteiger partial charge in [-0.2, -0.15) is 5.10 Å². The van der Waals surface area contributed by atoms with Crippen molar-refractivity contribution in [2.24, 2.45) is 5.84 Å². The molecule has 1 atom stereocenters. The molecule has 0 saturated heterocycles. The molecule has 0 spiro atoms. The summed E-state index contributed by atoms with van der Waals surface area (Å²) in [5, 5.41) is 8.25. The molecule has 0 amide bonds. The standard InChI is InChI=1S/C14H16N4/c15-16-14-9-12-8-11(6-7-13(12)17-18-14)10-4-2-1-3-5-10/h1-5,9,11H,6-8,15H2,(H,16,18). The minimum Gasteiger partial charge on any atom is -0.307 e. The van der Waals surface area contributed by atoms with E-state index in [9.17, 15) is 0 Å². The molecule has 2 aromatic rings. The first-order valence-corrected chi connectivity index (χ1v) is 6.24. The third kappa shape index (κ3) is 2.07. The fourth-order valence-electron chi connectivity index (χ4n) is 2.60. The highest BCUT2D eigenvalue weighted by Crippen LogP contribution is 2.31. The van der Waals surface area contributed by atoms with E-state index in [1.165, 1.54) is 11.1 Å². The highest BCUT2D eigenvalue weighted by atomic mass is 15.3. The van der Waals surface area contributed by atoms with Crippen LogP contribution in [0.5, 0.6) is 0 Å². The number of nitrogens with two attached hydrogens (primary N) is 1. The van der Waals surface area contributed by atoms with Gasteiger partial charge in [0.15, 0.2) is 5.82 Å². The molecule has 4 nitrogen and oxygen atoms in total. The topological polar surface area (TPSA) is 63.8 Å². The van der Waals surface area contributed by atoms with Gasteiger partial charge in [0, 0.05) is 0 Å². The van der Waals surface area contributed by atoms with Crippen LogP contribution < -0.4 is 11.3 Å². The Bertz CT molecular complexity index is 539. The van der Waals surface area contributed by atoms with Gasteiger partial charge in [-0.15, -0.1) is 5.10 Å². The molecule has 1 aromatic carbocycles. The zero-order valence-electron chi connectivity index (χ0n) is 10.1. The summed E-state index contributed by atoms with van der Waals surface area (Å²) in [5.74, 6) is 6.59. The monoisotopic (exact) mass is 240 g/mol. The van der Waals surface area contributed by atoms with Crippen molar-refractivity contribution in [2.45, 2.75) is 25.2 Å². The van der Waals surface area contributed by atoms with Crippen molar-refractivity contribution < 1.29 is 0 Å². The molecule has 0 saturated carbocycles. The SMILES string of the molecule is NNc1cc2c(nn1)CCC(c1ccccc1)C2. The van der Waals surface area contributed by atoms with Gasteiger partial charge < -0.3 is 5.43 Å². The number of hydrogen-bond acceptors (Lipinski definition) is 4. The first-order valence-electron chi connectivity index (χ1n) is 6.24. The van der Waals surface area contributed by atoms with E-state index in [-0.39, 0.29) is 0 Å². The van der Waals surface area contributed by atoms with Crippen molar-refractivity contribution >= 4 is 5.82 Å². The van der Waals surface area contributed by atoms with Gasteiger partial charge in [0.1, 0.15) is 0 Å².